The molecule has 0 aromatic heterocycles. The summed E-state index contributed by atoms with van der Waals surface area (Å²) in [5.74, 6) is 0. The summed E-state index contributed by atoms with van der Waals surface area (Å²) in [5, 5.41) is 79.6. The van der Waals surface area contributed by atoms with Crippen molar-refractivity contribution in [2.45, 2.75) is 61.3 Å². The molecule has 0 saturated carbocycles. The number of nitrogens with one attached hydrogen (secondary N) is 2. The molecule has 10 unspecified atom stereocenters. The standard InChI is InChI=1S/2C7H13NO5S2.O.Tc/c2*9-1-2-4(10)5(11)3(6(12)13-2)8-7(14)15;;/h2*2-6,9-12H,1H2,(H2,8,14,15);;/q;;-2;+6. The second kappa shape index (κ2) is 16.4. The van der Waals surface area contributed by atoms with Crippen LogP contribution in [0.3, 0.4) is 0 Å². The van der Waals surface area contributed by atoms with Gasteiger partial charge in [0.25, 0.3) is 0 Å². The topological polar surface area (TPSA) is 233 Å². The molecule has 2 fully saturated rings. The first-order valence-corrected chi connectivity index (χ1v) is 10.3. The van der Waals surface area contributed by atoms with Gasteiger partial charge in [0.2, 0.25) is 0 Å². The van der Waals surface area contributed by atoms with Crippen LogP contribution in [0.5, 0.6) is 0 Å². The first-order valence-electron chi connectivity index (χ1n) is 8.54. The van der Waals surface area contributed by atoms with Gasteiger partial charge in [-0.15, -0.1) is 25.3 Å². The summed E-state index contributed by atoms with van der Waals surface area (Å²) >= 11 is 16.8. The Morgan fingerprint density at radius 1 is 0.688 bits per heavy atom. The van der Waals surface area contributed by atoms with Crippen molar-refractivity contribution in [2.24, 2.45) is 0 Å². The molecule has 1 radical (unpaired) electrons. The predicted molar refractivity (Wildman–Crippen MR) is 118 cm³/mol. The molecule has 0 aliphatic carbocycles. The number of ether oxygens (including phenoxy) is 2. The number of thiol groups is 2. The molecule has 10 atom stereocenters. The molecular weight excluding hydrogens is 598 g/mol. The number of thiocarbonyl (C=S) groups is 2. The summed E-state index contributed by atoms with van der Waals surface area (Å²) in [6, 6.07) is -1.93. The SMILES string of the molecule is OCC1OC(O)C(NC(=S)S)C(O)C1O.OCC1OC(O)C(NC(=S)S)C(O)C1O.[O-2].[Tc+6]. The van der Waals surface area contributed by atoms with Gasteiger partial charge in [0.1, 0.15) is 57.3 Å². The molecular formula is C14H26N2O11S4Tc+4. The minimum absolute atomic E-state index is 0. The van der Waals surface area contributed by atoms with E-state index in [1.54, 1.807) is 0 Å². The number of hydrogen-bond acceptors (Lipinski definition) is 12. The van der Waals surface area contributed by atoms with Gasteiger partial charge in [-0.05, 0) is 0 Å². The molecule has 0 amide bonds. The maximum absolute atomic E-state index is 9.60. The average molecular weight is 625 g/mol. The molecule has 32 heavy (non-hydrogen) atoms. The molecule has 185 valence electrons. The second-order valence-electron chi connectivity index (χ2n) is 6.41. The van der Waals surface area contributed by atoms with Crippen molar-refractivity contribution in [1.82, 2.24) is 10.6 Å². The Labute approximate surface area is 218 Å². The first kappa shape index (κ1) is 34.9. The second-order valence-corrected chi connectivity index (χ2v) is 8.72. The van der Waals surface area contributed by atoms with E-state index in [9.17, 15) is 30.6 Å². The molecule has 2 rings (SSSR count). The minimum atomic E-state index is -1.37. The van der Waals surface area contributed by atoms with Crippen LogP contribution in [-0.2, 0) is 35.1 Å². The zero-order chi connectivity index (χ0) is 23.2. The maximum Gasteiger partial charge on any atom is 6.00 e. The Hall–Kier alpha value is 0.689. The van der Waals surface area contributed by atoms with Crippen molar-refractivity contribution >= 4 is 58.3 Å². The van der Waals surface area contributed by atoms with Crippen LogP contribution in [0.15, 0.2) is 0 Å². The monoisotopic (exact) mass is 623 g/mol. The fraction of sp³-hybridized carbons (Fsp3) is 0.857. The molecule has 0 aromatic carbocycles. The van der Waals surface area contributed by atoms with E-state index >= 15 is 0 Å². The van der Waals surface area contributed by atoms with Crippen molar-refractivity contribution in [1.29, 1.82) is 0 Å². The third-order valence-electron chi connectivity index (χ3n) is 4.38. The fourth-order valence-electron chi connectivity index (χ4n) is 2.79. The molecule has 2 aliphatic heterocycles. The number of aliphatic hydroxyl groups is 8. The summed E-state index contributed by atoms with van der Waals surface area (Å²) in [6.07, 6.45) is -9.94. The van der Waals surface area contributed by atoms with Gasteiger partial charge in [0, 0.05) is 0 Å². The van der Waals surface area contributed by atoms with Crippen molar-refractivity contribution in [3.63, 3.8) is 0 Å². The van der Waals surface area contributed by atoms with Crippen molar-refractivity contribution in [2.75, 3.05) is 13.2 Å². The Morgan fingerprint density at radius 2 is 0.969 bits per heavy atom. The van der Waals surface area contributed by atoms with E-state index in [1.807, 2.05) is 0 Å². The van der Waals surface area contributed by atoms with Crippen LogP contribution in [0, 0.1) is 0 Å². The van der Waals surface area contributed by atoms with Crippen LogP contribution in [0.1, 0.15) is 0 Å². The summed E-state index contributed by atoms with van der Waals surface area (Å²) < 4.78 is 9.87. The van der Waals surface area contributed by atoms with Crippen LogP contribution < -0.4 is 10.6 Å². The summed E-state index contributed by atoms with van der Waals surface area (Å²) in [4.78, 5) is 0. The quantitative estimate of drug-likeness (QED) is 0.104. The van der Waals surface area contributed by atoms with Crippen LogP contribution >= 0.6 is 49.7 Å². The third-order valence-corrected chi connectivity index (χ3v) is 4.87. The molecule has 18 heteroatoms. The Bertz CT molecular complexity index is 539. The zero-order valence-electron chi connectivity index (χ0n) is 16.1. The van der Waals surface area contributed by atoms with Gasteiger partial charge >= 0.3 is 20.1 Å². The van der Waals surface area contributed by atoms with E-state index in [0.717, 1.165) is 0 Å². The van der Waals surface area contributed by atoms with Crippen molar-refractivity contribution in [3.05, 3.63) is 0 Å². The van der Waals surface area contributed by atoms with Gasteiger partial charge in [-0.2, -0.15) is 0 Å². The van der Waals surface area contributed by atoms with Crippen LogP contribution in [0.2, 0.25) is 0 Å². The van der Waals surface area contributed by atoms with Gasteiger partial charge in [0.15, 0.2) is 12.6 Å². The van der Waals surface area contributed by atoms with E-state index in [1.165, 1.54) is 0 Å². The van der Waals surface area contributed by atoms with E-state index in [-0.39, 0.29) is 34.2 Å². The van der Waals surface area contributed by atoms with Crippen molar-refractivity contribution in [3.8, 4) is 0 Å². The minimum Gasteiger partial charge on any atom is -2.00 e. The molecule has 0 spiro atoms. The normalized spacial score (nSPS) is 38.7. The summed E-state index contributed by atoms with van der Waals surface area (Å²) in [6.45, 7) is -0.985. The Morgan fingerprint density at radius 3 is 1.19 bits per heavy atom. The molecule has 10 N–H and O–H groups in total. The smallest absolute Gasteiger partial charge is 2.00 e. The van der Waals surface area contributed by atoms with Crippen molar-refractivity contribution < 1.29 is 75.9 Å². The molecule has 2 aliphatic rings. The van der Waals surface area contributed by atoms with Gasteiger partial charge in [-0.3, -0.25) is 0 Å². The Balaban J connectivity index is 0. The number of hydrogen-bond donors (Lipinski definition) is 12. The average Bonchev–Trinajstić information content (AvgIpc) is 2.68. The summed E-state index contributed by atoms with van der Waals surface area (Å²) in [5.41, 5.74) is 0. The van der Waals surface area contributed by atoms with E-state index < -0.39 is 74.5 Å². The number of aliphatic hydroxyl groups excluding tert-OH is 8. The first-order chi connectivity index (χ1) is 13.9. The van der Waals surface area contributed by atoms with Crippen LogP contribution in [-0.4, -0.2) is 124 Å². The molecule has 13 nitrogen and oxygen atoms in total. The van der Waals surface area contributed by atoms with Gasteiger partial charge in [-0.25, -0.2) is 0 Å². The molecule has 0 bridgehead atoms. The Kier molecular flexibility index (Phi) is 17.8. The van der Waals surface area contributed by atoms with Gasteiger partial charge in [-0.1, -0.05) is 24.4 Å². The summed E-state index contributed by atoms with van der Waals surface area (Å²) in [7, 11) is 0. The fourth-order valence-corrected chi connectivity index (χ4v) is 3.36. The van der Waals surface area contributed by atoms with E-state index in [4.69, 9.17) is 19.7 Å². The van der Waals surface area contributed by atoms with E-state index in [2.05, 4.69) is 60.3 Å². The molecule has 2 saturated heterocycles. The largest absolute Gasteiger partial charge is 6.00 e. The van der Waals surface area contributed by atoms with Crippen LogP contribution in [0.4, 0.5) is 0 Å². The van der Waals surface area contributed by atoms with Gasteiger partial charge in [0.05, 0.1) is 13.2 Å². The number of rotatable bonds is 4. The maximum atomic E-state index is 9.60. The van der Waals surface area contributed by atoms with E-state index in [0.29, 0.717) is 0 Å². The molecule has 0 aromatic rings. The molecule has 2 heterocycles. The third kappa shape index (κ3) is 9.74. The van der Waals surface area contributed by atoms with Gasteiger partial charge < -0.3 is 66.4 Å². The zero-order valence-corrected chi connectivity index (χ0v) is 21.4. The van der Waals surface area contributed by atoms with Crippen LogP contribution in [0.25, 0.3) is 0 Å². The predicted octanol–water partition coefficient (Wildman–Crippen LogP) is -4.94.